The van der Waals surface area contributed by atoms with E-state index in [9.17, 15) is 0 Å². The van der Waals surface area contributed by atoms with Crippen molar-refractivity contribution in [3.63, 3.8) is 0 Å². The zero-order chi connectivity index (χ0) is 10.9. The number of halogens is 5. The Hall–Kier alpha value is 0.820. The minimum absolute atomic E-state index is 0.248. The van der Waals surface area contributed by atoms with Crippen LogP contribution in [-0.2, 0) is 11.9 Å². The number of hydrogen-bond donors (Lipinski definition) is 1. The molecule has 6 heteroatoms. The molecule has 0 aliphatic carbocycles. The van der Waals surface area contributed by atoms with Gasteiger partial charge in [0.25, 0.3) is 0 Å². The maximum Gasteiger partial charge on any atom is 0.0712 e. The summed E-state index contributed by atoms with van der Waals surface area (Å²) in [6.07, 6.45) is 0. The molecule has 0 aromatic heterocycles. The molecule has 0 radical (unpaired) electrons. The van der Waals surface area contributed by atoms with Crippen LogP contribution in [0, 0.1) is 0 Å². The Morgan fingerprint density at radius 1 is 0.857 bits per heavy atom. The van der Waals surface area contributed by atoms with Crippen LogP contribution in [0.4, 0.5) is 0 Å². The minimum atomic E-state index is -0.292. The predicted octanol–water partition coefficient (Wildman–Crippen LogP) is 4.69. The monoisotopic (exact) mass is 336 g/mol. The second kappa shape index (κ2) is 5.24. The standard InChI is InChI=1S/C8H5BrCl4O/c9-1-3-5(10)7(12)4(2-14)8(13)6(3)11/h14H,1-2H2. The van der Waals surface area contributed by atoms with Crippen molar-refractivity contribution in [2.45, 2.75) is 11.9 Å². The smallest absolute Gasteiger partial charge is 0.0712 e. The van der Waals surface area contributed by atoms with Crippen LogP contribution in [0.1, 0.15) is 11.1 Å². The van der Waals surface area contributed by atoms with Crippen LogP contribution >= 0.6 is 62.3 Å². The lowest BCUT2D eigenvalue weighted by Crippen LogP contribution is -1.94. The fourth-order valence-electron chi connectivity index (χ4n) is 0.979. The van der Waals surface area contributed by atoms with Gasteiger partial charge in [-0.05, 0) is 0 Å². The Labute approximate surface area is 110 Å². The molecule has 0 spiro atoms. The molecule has 1 rings (SSSR count). The van der Waals surface area contributed by atoms with Crippen molar-refractivity contribution in [2.75, 3.05) is 0 Å². The van der Waals surface area contributed by atoms with Crippen LogP contribution < -0.4 is 0 Å². The second-order valence-corrected chi connectivity index (χ2v) is 4.58. The Bertz CT molecular complexity index is 303. The first kappa shape index (κ1) is 12.9. The van der Waals surface area contributed by atoms with Gasteiger partial charge >= 0.3 is 0 Å². The summed E-state index contributed by atoms with van der Waals surface area (Å²) in [6, 6.07) is 0. The van der Waals surface area contributed by atoms with Gasteiger partial charge in [-0.15, -0.1) is 0 Å². The molecule has 14 heavy (non-hydrogen) atoms. The summed E-state index contributed by atoms with van der Waals surface area (Å²) in [5.41, 5.74) is 0.980. The zero-order valence-corrected chi connectivity index (χ0v) is 11.4. The third-order valence-electron chi connectivity index (χ3n) is 1.74. The summed E-state index contributed by atoms with van der Waals surface area (Å²) in [4.78, 5) is 0. The van der Waals surface area contributed by atoms with Gasteiger partial charge in [0.2, 0.25) is 0 Å². The van der Waals surface area contributed by atoms with Crippen LogP contribution in [0.3, 0.4) is 0 Å². The Balaban J connectivity index is 3.55. The van der Waals surface area contributed by atoms with Crippen LogP contribution in [0.25, 0.3) is 0 Å². The fourth-order valence-corrected chi connectivity index (χ4v) is 3.05. The summed E-state index contributed by atoms with van der Waals surface area (Å²) in [7, 11) is 0. The molecule has 0 amide bonds. The predicted molar refractivity (Wildman–Crippen MR) is 65.0 cm³/mol. The number of hydrogen-bond acceptors (Lipinski definition) is 1. The molecular weight excluding hydrogens is 334 g/mol. The fraction of sp³-hybridized carbons (Fsp3) is 0.250. The van der Waals surface area contributed by atoms with E-state index in [0.29, 0.717) is 26.5 Å². The van der Waals surface area contributed by atoms with Gasteiger partial charge in [0, 0.05) is 16.5 Å². The molecule has 1 N–H and O–H groups in total. The Morgan fingerprint density at radius 2 is 1.21 bits per heavy atom. The molecule has 1 aromatic rings. The van der Waals surface area contributed by atoms with Crippen molar-refractivity contribution in [2.24, 2.45) is 0 Å². The van der Waals surface area contributed by atoms with Crippen LogP contribution in [0.15, 0.2) is 0 Å². The van der Waals surface area contributed by atoms with Gasteiger partial charge in [-0.3, -0.25) is 0 Å². The molecule has 0 saturated heterocycles. The normalized spacial score (nSPS) is 10.7. The van der Waals surface area contributed by atoms with Gasteiger partial charge in [0.15, 0.2) is 0 Å². The van der Waals surface area contributed by atoms with E-state index in [2.05, 4.69) is 15.9 Å². The Morgan fingerprint density at radius 3 is 1.50 bits per heavy atom. The van der Waals surface area contributed by atoms with E-state index in [4.69, 9.17) is 51.5 Å². The zero-order valence-electron chi connectivity index (χ0n) is 6.75. The van der Waals surface area contributed by atoms with Crippen molar-refractivity contribution < 1.29 is 5.11 Å². The van der Waals surface area contributed by atoms with E-state index in [1.165, 1.54) is 0 Å². The second-order valence-electron chi connectivity index (χ2n) is 2.50. The number of aliphatic hydroxyl groups is 1. The first-order chi connectivity index (χ1) is 6.54. The molecule has 1 nitrogen and oxygen atoms in total. The molecule has 1 aromatic carbocycles. The SMILES string of the molecule is OCc1c(Cl)c(Cl)c(CBr)c(Cl)c1Cl. The molecule has 0 saturated carbocycles. The summed E-state index contributed by atoms with van der Waals surface area (Å²) in [5.74, 6) is 0. The highest BCUT2D eigenvalue weighted by atomic mass is 79.9. The lowest BCUT2D eigenvalue weighted by molar-refractivity contribution is 0.282. The third-order valence-corrected chi connectivity index (χ3v) is 4.16. The Kier molecular flexibility index (Phi) is 4.82. The first-order valence-corrected chi connectivity index (χ1v) is 6.18. The van der Waals surface area contributed by atoms with Gasteiger partial charge in [-0.2, -0.15) is 0 Å². The summed E-state index contributed by atoms with van der Waals surface area (Å²) < 4.78 is 0. The van der Waals surface area contributed by atoms with Gasteiger partial charge in [0.05, 0.1) is 26.7 Å². The van der Waals surface area contributed by atoms with Crippen molar-refractivity contribution in [1.82, 2.24) is 0 Å². The highest BCUT2D eigenvalue weighted by molar-refractivity contribution is 9.08. The van der Waals surface area contributed by atoms with Crippen LogP contribution in [0.2, 0.25) is 20.1 Å². The van der Waals surface area contributed by atoms with E-state index < -0.39 is 0 Å². The van der Waals surface area contributed by atoms with Crippen molar-refractivity contribution in [3.8, 4) is 0 Å². The van der Waals surface area contributed by atoms with E-state index in [-0.39, 0.29) is 16.7 Å². The summed E-state index contributed by atoms with van der Waals surface area (Å²) in [6.45, 7) is -0.292. The third kappa shape index (κ3) is 2.16. The first-order valence-electron chi connectivity index (χ1n) is 3.55. The molecule has 0 atom stereocenters. The topological polar surface area (TPSA) is 20.2 Å². The number of rotatable bonds is 2. The van der Waals surface area contributed by atoms with Crippen LogP contribution in [0.5, 0.6) is 0 Å². The maximum absolute atomic E-state index is 9.01. The van der Waals surface area contributed by atoms with E-state index in [1.54, 1.807) is 0 Å². The highest BCUT2D eigenvalue weighted by Crippen LogP contribution is 2.41. The van der Waals surface area contributed by atoms with Gasteiger partial charge in [-0.25, -0.2) is 0 Å². The number of benzene rings is 1. The van der Waals surface area contributed by atoms with Gasteiger partial charge < -0.3 is 5.11 Å². The van der Waals surface area contributed by atoms with Crippen molar-refractivity contribution in [1.29, 1.82) is 0 Å². The molecule has 0 unspecified atom stereocenters. The number of aliphatic hydroxyl groups excluding tert-OH is 1. The molecule has 0 heterocycles. The van der Waals surface area contributed by atoms with E-state index in [1.807, 2.05) is 0 Å². The molecule has 0 aliphatic rings. The summed E-state index contributed by atoms with van der Waals surface area (Å²) in [5, 5.41) is 10.6. The lowest BCUT2D eigenvalue weighted by atomic mass is 10.1. The maximum atomic E-state index is 9.01. The lowest BCUT2D eigenvalue weighted by Gasteiger charge is -2.12. The molecule has 0 fully saturated rings. The molecule has 0 aliphatic heterocycles. The van der Waals surface area contributed by atoms with Gasteiger partial charge in [-0.1, -0.05) is 62.3 Å². The largest absolute Gasteiger partial charge is 0.392 e. The quantitative estimate of drug-likeness (QED) is 0.613. The summed E-state index contributed by atoms with van der Waals surface area (Å²) >= 11 is 26.9. The molecule has 78 valence electrons. The van der Waals surface area contributed by atoms with E-state index >= 15 is 0 Å². The minimum Gasteiger partial charge on any atom is -0.392 e. The van der Waals surface area contributed by atoms with Gasteiger partial charge in [0.1, 0.15) is 0 Å². The number of alkyl halides is 1. The average molecular weight is 339 g/mol. The van der Waals surface area contributed by atoms with E-state index in [0.717, 1.165) is 0 Å². The molecule has 0 bridgehead atoms. The highest BCUT2D eigenvalue weighted by Gasteiger charge is 2.18. The van der Waals surface area contributed by atoms with Crippen molar-refractivity contribution >= 4 is 62.3 Å². The average Bonchev–Trinajstić information content (AvgIpc) is 2.17. The van der Waals surface area contributed by atoms with Crippen molar-refractivity contribution in [3.05, 3.63) is 31.2 Å². The molecular formula is C8H5BrCl4O. The van der Waals surface area contributed by atoms with Crippen LogP contribution in [-0.4, -0.2) is 5.11 Å².